The lowest BCUT2D eigenvalue weighted by Gasteiger charge is -2.25. The van der Waals surface area contributed by atoms with Gasteiger partial charge >= 0.3 is 0 Å². The van der Waals surface area contributed by atoms with Gasteiger partial charge in [0.1, 0.15) is 0 Å². The van der Waals surface area contributed by atoms with Gasteiger partial charge in [-0.15, -0.1) is 23.1 Å². The number of benzene rings is 1. The van der Waals surface area contributed by atoms with E-state index in [0.29, 0.717) is 0 Å². The van der Waals surface area contributed by atoms with Gasteiger partial charge in [-0.05, 0) is 53.8 Å². The van der Waals surface area contributed by atoms with Crippen molar-refractivity contribution in [2.75, 3.05) is 17.3 Å². The molecule has 1 aliphatic carbocycles. The van der Waals surface area contributed by atoms with Gasteiger partial charge in [0, 0.05) is 22.1 Å². The first kappa shape index (κ1) is 17.5. The van der Waals surface area contributed by atoms with E-state index >= 15 is 0 Å². The molecule has 0 saturated carbocycles. The first-order valence-electron chi connectivity index (χ1n) is 8.96. The Morgan fingerprint density at radius 2 is 2.00 bits per heavy atom. The molecule has 2 nitrogen and oxygen atoms in total. The highest BCUT2D eigenvalue weighted by atomic mass is 32.2. The van der Waals surface area contributed by atoms with Crippen LogP contribution in [0.2, 0.25) is 0 Å². The van der Waals surface area contributed by atoms with Crippen LogP contribution >= 0.6 is 34.9 Å². The topological polar surface area (TPSA) is 29.1 Å². The van der Waals surface area contributed by atoms with Crippen LogP contribution in [0.3, 0.4) is 0 Å². The van der Waals surface area contributed by atoms with E-state index in [0.717, 1.165) is 17.3 Å². The maximum absolute atomic E-state index is 12.8. The minimum atomic E-state index is -0.0211. The number of carbonyl (C=O) groups is 1. The monoisotopic (exact) mass is 389 g/mol. The van der Waals surface area contributed by atoms with Gasteiger partial charge in [0.05, 0.1) is 11.3 Å². The highest BCUT2D eigenvalue weighted by Crippen LogP contribution is 2.31. The first-order valence-corrected chi connectivity index (χ1v) is 12.0. The molecular weight excluding hydrogens is 366 g/mol. The molecule has 1 amide bonds. The van der Waals surface area contributed by atoms with E-state index in [2.05, 4.69) is 41.0 Å². The van der Waals surface area contributed by atoms with E-state index in [1.807, 2.05) is 11.8 Å². The second-order valence-corrected chi connectivity index (χ2v) is 10.1. The summed E-state index contributed by atoms with van der Waals surface area (Å²) in [7, 11) is 0. The van der Waals surface area contributed by atoms with Crippen molar-refractivity contribution in [3.63, 3.8) is 0 Å². The molecule has 2 aromatic rings. The maximum atomic E-state index is 12.8. The first-order chi connectivity index (χ1) is 12.3. The van der Waals surface area contributed by atoms with Gasteiger partial charge in [-0.3, -0.25) is 4.79 Å². The molecule has 1 aliphatic heterocycles. The Kier molecular flexibility index (Phi) is 5.73. The van der Waals surface area contributed by atoms with E-state index in [1.165, 1.54) is 47.3 Å². The molecule has 4 rings (SSSR count). The lowest BCUT2D eigenvalue weighted by molar-refractivity contribution is -0.120. The third kappa shape index (κ3) is 4.09. The number of thioether (sulfide) groups is 2. The number of fused-ring (bicyclic) bond motifs is 1. The summed E-state index contributed by atoms with van der Waals surface area (Å²) in [4.78, 5) is 14.0. The summed E-state index contributed by atoms with van der Waals surface area (Å²) in [5, 5.41) is 5.53. The number of carbonyl (C=O) groups excluding carboxylic acids is 1. The van der Waals surface area contributed by atoms with Gasteiger partial charge in [0.2, 0.25) is 5.91 Å². The predicted molar refractivity (Wildman–Crippen MR) is 111 cm³/mol. The van der Waals surface area contributed by atoms with Crippen LogP contribution in [-0.4, -0.2) is 28.4 Å². The van der Waals surface area contributed by atoms with Gasteiger partial charge in [-0.1, -0.05) is 24.3 Å². The quantitative estimate of drug-likeness (QED) is 0.823. The number of thiophene rings is 1. The van der Waals surface area contributed by atoms with Crippen LogP contribution in [0.5, 0.6) is 0 Å². The Morgan fingerprint density at radius 3 is 2.76 bits per heavy atom. The molecule has 1 fully saturated rings. The Bertz CT molecular complexity index is 723. The number of aryl methyl sites for hydroxylation is 2. The molecule has 1 saturated heterocycles. The minimum Gasteiger partial charge on any atom is -0.343 e. The van der Waals surface area contributed by atoms with E-state index < -0.39 is 0 Å². The number of hydrogen-bond acceptors (Lipinski definition) is 4. The maximum Gasteiger partial charge on any atom is 0.234 e. The lowest BCUT2D eigenvalue weighted by Crippen LogP contribution is -2.38. The van der Waals surface area contributed by atoms with Crippen LogP contribution in [0.25, 0.3) is 0 Å². The molecule has 1 aromatic heterocycles. The number of nitrogens with one attached hydrogen (secondary N) is 1. The predicted octanol–water partition coefficient (Wildman–Crippen LogP) is 4.68. The summed E-state index contributed by atoms with van der Waals surface area (Å²) in [6.07, 6.45) is 4.95. The standard InChI is InChI=1S/C20H23NOS3/c22-20(18-13-23-10-11-25-18)21-19(17-6-3-9-24-17)16-8-7-14-4-1-2-5-15(14)12-16/h3,6-9,12,18-19H,1-2,4-5,10-11,13H2,(H,21,22). The Balaban J connectivity index is 1.59. The van der Waals surface area contributed by atoms with Gasteiger partial charge in [-0.2, -0.15) is 11.8 Å². The fourth-order valence-electron chi connectivity index (χ4n) is 3.58. The molecule has 132 valence electrons. The molecule has 2 unspecified atom stereocenters. The van der Waals surface area contributed by atoms with Gasteiger partial charge in [0.25, 0.3) is 0 Å². The van der Waals surface area contributed by atoms with E-state index in [4.69, 9.17) is 0 Å². The molecule has 2 heterocycles. The summed E-state index contributed by atoms with van der Waals surface area (Å²) >= 11 is 5.42. The SMILES string of the molecule is O=C(NC(c1ccc2c(c1)CCCC2)c1cccs1)C1CSCCS1. The molecule has 2 atom stereocenters. The second kappa shape index (κ2) is 8.19. The fourth-order valence-corrected chi connectivity index (χ4v) is 6.95. The van der Waals surface area contributed by atoms with Crippen LogP contribution in [0.4, 0.5) is 0 Å². The summed E-state index contributed by atoms with van der Waals surface area (Å²) in [6.45, 7) is 0. The molecule has 1 N–H and O–H groups in total. The molecule has 2 aliphatic rings. The summed E-state index contributed by atoms with van der Waals surface area (Å²) in [5.74, 6) is 3.35. The normalized spacial score (nSPS) is 21.4. The molecule has 5 heteroatoms. The third-order valence-corrected chi connectivity index (χ3v) is 8.62. The fraction of sp³-hybridized carbons (Fsp3) is 0.450. The molecule has 0 bridgehead atoms. The van der Waals surface area contributed by atoms with Gasteiger partial charge < -0.3 is 5.32 Å². The largest absolute Gasteiger partial charge is 0.343 e. The van der Waals surface area contributed by atoms with Crippen molar-refractivity contribution >= 4 is 40.8 Å². The summed E-state index contributed by atoms with van der Waals surface area (Å²) < 4.78 is 0. The zero-order valence-corrected chi connectivity index (χ0v) is 16.7. The smallest absolute Gasteiger partial charge is 0.234 e. The Labute approximate surface area is 162 Å². The minimum absolute atomic E-state index is 0.0211. The Morgan fingerprint density at radius 1 is 1.12 bits per heavy atom. The highest BCUT2D eigenvalue weighted by Gasteiger charge is 2.26. The van der Waals surface area contributed by atoms with Crippen LogP contribution in [0, 0.1) is 0 Å². The second-order valence-electron chi connectivity index (χ2n) is 6.63. The van der Waals surface area contributed by atoms with Gasteiger partial charge in [0.15, 0.2) is 0 Å². The lowest BCUT2D eigenvalue weighted by atomic mass is 9.89. The van der Waals surface area contributed by atoms with Crippen LogP contribution in [-0.2, 0) is 17.6 Å². The van der Waals surface area contributed by atoms with Gasteiger partial charge in [-0.25, -0.2) is 0 Å². The zero-order chi connectivity index (χ0) is 17.1. The molecule has 1 aromatic carbocycles. The van der Waals surface area contributed by atoms with Crippen molar-refractivity contribution in [2.24, 2.45) is 0 Å². The van der Waals surface area contributed by atoms with Crippen molar-refractivity contribution in [2.45, 2.75) is 37.0 Å². The van der Waals surface area contributed by atoms with Crippen molar-refractivity contribution < 1.29 is 4.79 Å². The summed E-state index contributed by atoms with van der Waals surface area (Å²) in [6, 6.07) is 11.0. The molecule has 0 spiro atoms. The molecular formula is C20H23NOS3. The van der Waals surface area contributed by atoms with Crippen molar-refractivity contribution in [1.29, 1.82) is 0 Å². The third-order valence-electron chi connectivity index (χ3n) is 4.93. The Hall–Kier alpha value is -0.910. The number of rotatable bonds is 4. The van der Waals surface area contributed by atoms with Crippen LogP contribution in [0.1, 0.15) is 40.5 Å². The molecule has 0 radical (unpaired) electrons. The highest BCUT2D eigenvalue weighted by molar-refractivity contribution is 8.07. The van der Waals surface area contributed by atoms with E-state index in [-0.39, 0.29) is 17.2 Å². The summed E-state index contributed by atoms with van der Waals surface area (Å²) in [5.41, 5.74) is 4.19. The average molecular weight is 390 g/mol. The van der Waals surface area contributed by atoms with E-state index in [9.17, 15) is 4.79 Å². The average Bonchev–Trinajstić information content (AvgIpc) is 3.20. The van der Waals surface area contributed by atoms with Crippen LogP contribution in [0.15, 0.2) is 35.7 Å². The molecule has 25 heavy (non-hydrogen) atoms. The number of amides is 1. The van der Waals surface area contributed by atoms with Crippen molar-refractivity contribution in [3.05, 3.63) is 57.3 Å². The zero-order valence-electron chi connectivity index (χ0n) is 14.2. The van der Waals surface area contributed by atoms with E-state index in [1.54, 1.807) is 23.1 Å². The van der Waals surface area contributed by atoms with Crippen molar-refractivity contribution in [1.82, 2.24) is 5.32 Å². The van der Waals surface area contributed by atoms with Crippen LogP contribution < -0.4 is 5.32 Å². The number of hydrogen-bond donors (Lipinski definition) is 1. The van der Waals surface area contributed by atoms with Crippen molar-refractivity contribution in [3.8, 4) is 0 Å².